The number of benzene rings is 3. The first-order valence-electron chi connectivity index (χ1n) is 10.5. The average molecular weight is 364 g/mol. The topological polar surface area (TPSA) is 9.23 Å². The standard InChI is InChI=1S/C27H24O/c1-4-12-20(13-5-1)26-22-16-8-3-9-17-23(22)27(28-26,21-14-6-2-7-15-21)25-19-11-10-18-24(25)26/h1-2,4-7,10-16,18-19,23H,3,8-9,17H2. The molecule has 3 aromatic rings. The van der Waals surface area contributed by atoms with Crippen molar-refractivity contribution in [2.45, 2.75) is 36.9 Å². The van der Waals surface area contributed by atoms with E-state index in [9.17, 15) is 0 Å². The van der Waals surface area contributed by atoms with Crippen molar-refractivity contribution in [1.82, 2.24) is 0 Å². The Labute approximate surface area is 166 Å². The Morgan fingerprint density at radius 2 is 1.32 bits per heavy atom. The van der Waals surface area contributed by atoms with E-state index in [2.05, 4.69) is 91.0 Å². The molecule has 2 heterocycles. The molecule has 3 aromatic carbocycles. The van der Waals surface area contributed by atoms with Gasteiger partial charge in [-0.3, -0.25) is 0 Å². The predicted molar refractivity (Wildman–Crippen MR) is 112 cm³/mol. The van der Waals surface area contributed by atoms with E-state index >= 15 is 0 Å². The summed E-state index contributed by atoms with van der Waals surface area (Å²) in [5.74, 6) is 0.396. The van der Waals surface area contributed by atoms with Crippen molar-refractivity contribution < 1.29 is 4.74 Å². The number of hydrogen-bond acceptors (Lipinski definition) is 1. The molecule has 2 aliphatic heterocycles. The van der Waals surface area contributed by atoms with Crippen LogP contribution >= 0.6 is 0 Å². The van der Waals surface area contributed by atoms with Crippen molar-refractivity contribution in [2.75, 3.05) is 0 Å². The normalized spacial score (nSPS) is 30.3. The monoisotopic (exact) mass is 364 g/mol. The zero-order chi connectivity index (χ0) is 18.6. The van der Waals surface area contributed by atoms with Gasteiger partial charge in [-0.1, -0.05) is 97.4 Å². The van der Waals surface area contributed by atoms with E-state index in [1.165, 1.54) is 47.1 Å². The third-order valence-electron chi connectivity index (χ3n) is 6.99. The lowest BCUT2D eigenvalue weighted by atomic mass is 9.62. The molecule has 0 N–H and O–H groups in total. The van der Waals surface area contributed by atoms with Crippen LogP contribution in [0, 0.1) is 5.92 Å². The third-order valence-corrected chi connectivity index (χ3v) is 6.99. The predicted octanol–water partition coefficient (Wildman–Crippen LogP) is 6.33. The number of allylic oxidation sites excluding steroid dienone is 1. The Bertz CT molecular complexity index is 1050. The molecule has 3 atom stereocenters. The second-order valence-electron chi connectivity index (χ2n) is 8.29. The van der Waals surface area contributed by atoms with E-state index in [1.54, 1.807) is 0 Å². The van der Waals surface area contributed by atoms with E-state index in [0.29, 0.717) is 5.92 Å². The van der Waals surface area contributed by atoms with Gasteiger partial charge in [-0.15, -0.1) is 0 Å². The molecule has 1 saturated heterocycles. The summed E-state index contributed by atoms with van der Waals surface area (Å²) in [6.07, 6.45) is 7.37. The molecule has 0 amide bonds. The lowest BCUT2D eigenvalue weighted by Crippen LogP contribution is -2.35. The largest absolute Gasteiger partial charge is 0.345 e. The molecule has 6 rings (SSSR count). The smallest absolute Gasteiger partial charge is 0.142 e. The molecule has 3 aliphatic rings. The van der Waals surface area contributed by atoms with E-state index < -0.39 is 5.60 Å². The van der Waals surface area contributed by atoms with E-state index in [4.69, 9.17) is 4.74 Å². The lowest BCUT2D eigenvalue weighted by Gasteiger charge is -2.36. The highest BCUT2D eigenvalue weighted by atomic mass is 16.5. The molecule has 1 nitrogen and oxygen atoms in total. The summed E-state index contributed by atoms with van der Waals surface area (Å²) in [4.78, 5) is 0. The Morgan fingerprint density at radius 1 is 0.679 bits per heavy atom. The van der Waals surface area contributed by atoms with Gasteiger partial charge in [-0.25, -0.2) is 0 Å². The molecule has 0 spiro atoms. The molecular weight excluding hydrogens is 340 g/mol. The Balaban J connectivity index is 1.73. The van der Waals surface area contributed by atoms with Crippen LogP contribution in [0.25, 0.3) is 0 Å². The molecule has 0 saturated carbocycles. The van der Waals surface area contributed by atoms with Crippen molar-refractivity contribution >= 4 is 0 Å². The second-order valence-corrected chi connectivity index (χ2v) is 8.29. The van der Waals surface area contributed by atoms with Gasteiger partial charge in [0.05, 0.1) is 0 Å². The summed E-state index contributed by atoms with van der Waals surface area (Å²) >= 11 is 0. The fraction of sp³-hybridized carbons (Fsp3) is 0.259. The van der Waals surface area contributed by atoms with Gasteiger partial charge in [0.1, 0.15) is 11.2 Å². The zero-order valence-electron chi connectivity index (χ0n) is 16.0. The fourth-order valence-electron chi connectivity index (χ4n) is 5.95. The average Bonchev–Trinajstić information content (AvgIpc) is 3.10. The second kappa shape index (κ2) is 5.93. The quantitative estimate of drug-likeness (QED) is 0.483. The highest BCUT2D eigenvalue weighted by molar-refractivity contribution is 5.64. The third kappa shape index (κ3) is 1.90. The highest BCUT2D eigenvalue weighted by Crippen LogP contribution is 2.69. The van der Waals surface area contributed by atoms with Crippen molar-refractivity contribution in [1.29, 1.82) is 0 Å². The first-order chi connectivity index (χ1) is 13.9. The summed E-state index contributed by atoms with van der Waals surface area (Å²) in [5.41, 5.74) is 5.88. The van der Waals surface area contributed by atoms with Crippen molar-refractivity contribution in [3.05, 3.63) is 119 Å². The summed E-state index contributed by atoms with van der Waals surface area (Å²) in [7, 11) is 0. The van der Waals surface area contributed by atoms with Crippen LogP contribution in [-0.2, 0) is 15.9 Å². The minimum absolute atomic E-state index is 0.385. The molecule has 1 aliphatic carbocycles. The number of rotatable bonds is 2. The van der Waals surface area contributed by atoms with E-state index in [0.717, 1.165) is 6.42 Å². The van der Waals surface area contributed by atoms with Crippen LogP contribution in [-0.4, -0.2) is 0 Å². The summed E-state index contributed by atoms with van der Waals surface area (Å²) in [6, 6.07) is 30.7. The molecule has 1 fully saturated rings. The molecule has 28 heavy (non-hydrogen) atoms. The maximum atomic E-state index is 7.32. The number of ether oxygens (including phenoxy) is 1. The summed E-state index contributed by atoms with van der Waals surface area (Å²) in [6.45, 7) is 0. The van der Waals surface area contributed by atoms with Crippen molar-refractivity contribution in [2.24, 2.45) is 5.92 Å². The van der Waals surface area contributed by atoms with Gasteiger partial charge in [-0.05, 0) is 47.1 Å². The Morgan fingerprint density at radius 3 is 2.07 bits per heavy atom. The molecule has 3 unspecified atom stereocenters. The van der Waals surface area contributed by atoms with Crippen LogP contribution in [0.15, 0.2) is 96.6 Å². The Kier molecular flexibility index (Phi) is 3.46. The number of fused-ring (bicyclic) bond motifs is 8. The Hall–Kier alpha value is -2.64. The van der Waals surface area contributed by atoms with Crippen LogP contribution in [0.4, 0.5) is 0 Å². The van der Waals surface area contributed by atoms with Crippen LogP contribution in [0.1, 0.15) is 47.9 Å². The zero-order valence-corrected chi connectivity index (χ0v) is 16.0. The van der Waals surface area contributed by atoms with Gasteiger partial charge in [0, 0.05) is 5.92 Å². The molecule has 2 bridgehead atoms. The van der Waals surface area contributed by atoms with E-state index in [-0.39, 0.29) is 5.60 Å². The van der Waals surface area contributed by atoms with Gasteiger partial charge >= 0.3 is 0 Å². The van der Waals surface area contributed by atoms with Crippen molar-refractivity contribution in [3.8, 4) is 0 Å². The van der Waals surface area contributed by atoms with Gasteiger partial charge < -0.3 is 4.74 Å². The fourth-order valence-corrected chi connectivity index (χ4v) is 5.95. The van der Waals surface area contributed by atoms with Crippen LogP contribution in [0.3, 0.4) is 0 Å². The summed E-state index contributed by atoms with van der Waals surface area (Å²) in [5, 5.41) is 0. The molecule has 138 valence electrons. The van der Waals surface area contributed by atoms with E-state index in [1.807, 2.05) is 0 Å². The highest BCUT2D eigenvalue weighted by Gasteiger charge is 2.68. The molecule has 0 aromatic heterocycles. The number of hydrogen-bond donors (Lipinski definition) is 0. The molecular formula is C27H24O. The van der Waals surface area contributed by atoms with Gasteiger partial charge in [-0.2, -0.15) is 0 Å². The van der Waals surface area contributed by atoms with Gasteiger partial charge in [0.15, 0.2) is 0 Å². The minimum Gasteiger partial charge on any atom is -0.345 e. The van der Waals surface area contributed by atoms with Gasteiger partial charge in [0.25, 0.3) is 0 Å². The first-order valence-corrected chi connectivity index (χ1v) is 10.5. The van der Waals surface area contributed by atoms with Crippen LogP contribution in [0.2, 0.25) is 0 Å². The van der Waals surface area contributed by atoms with Crippen LogP contribution in [0.5, 0.6) is 0 Å². The molecule has 1 heteroatoms. The molecule has 0 radical (unpaired) electrons. The lowest BCUT2D eigenvalue weighted by molar-refractivity contribution is -0.0488. The van der Waals surface area contributed by atoms with Gasteiger partial charge in [0.2, 0.25) is 0 Å². The minimum atomic E-state index is -0.456. The summed E-state index contributed by atoms with van der Waals surface area (Å²) < 4.78 is 7.32. The first kappa shape index (κ1) is 16.3. The maximum absolute atomic E-state index is 7.32. The van der Waals surface area contributed by atoms with Crippen LogP contribution < -0.4 is 0 Å². The SMILES string of the molecule is C1=C2C(CCCC1)C1(c3ccccc3)OC2(c2ccccc2)c2ccccc21. The maximum Gasteiger partial charge on any atom is 0.142 e. The van der Waals surface area contributed by atoms with Crippen molar-refractivity contribution in [3.63, 3.8) is 0 Å².